The summed E-state index contributed by atoms with van der Waals surface area (Å²) >= 11 is 11.7. The molecule has 1 aromatic carbocycles. The molecule has 0 aliphatic rings. The normalized spacial score (nSPS) is 10.3. The molecule has 0 aliphatic heterocycles. The summed E-state index contributed by atoms with van der Waals surface area (Å²) in [5, 5.41) is 3.49. The van der Waals surface area contributed by atoms with Crippen molar-refractivity contribution in [2.45, 2.75) is 6.92 Å². The lowest BCUT2D eigenvalue weighted by atomic mass is 10.3. The van der Waals surface area contributed by atoms with Gasteiger partial charge in [0, 0.05) is 11.9 Å². The molecule has 2 aromatic rings. The number of amides is 1. The summed E-state index contributed by atoms with van der Waals surface area (Å²) in [5.41, 5.74) is 0.676. The summed E-state index contributed by atoms with van der Waals surface area (Å²) in [7, 11) is 0. The minimum absolute atomic E-state index is 0.202. The number of oxazole rings is 1. The monoisotopic (exact) mass is 270 g/mol. The van der Waals surface area contributed by atoms with E-state index in [1.165, 1.54) is 6.26 Å². The zero-order chi connectivity index (χ0) is 12.4. The lowest BCUT2D eigenvalue weighted by molar-refractivity contribution is 0.102. The number of carbonyl (C=O) groups is 1. The molecule has 0 bridgehead atoms. The van der Waals surface area contributed by atoms with Crippen molar-refractivity contribution < 1.29 is 9.21 Å². The van der Waals surface area contributed by atoms with Crippen LogP contribution in [-0.4, -0.2) is 10.9 Å². The minimum Gasteiger partial charge on any atom is -0.448 e. The van der Waals surface area contributed by atoms with Crippen molar-refractivity contribution in [3.63, 3.8) is 0 Å². The summed E-state index contributed by atoms with van der Waals surface area (Å²) in [5.74, 6) is 0.0448. The third kappa shape index (κ3) is 2.78. The van der Waals surface area contributed by atoms with Crippen molar-refractivity contribution in [2.75, 3.05) is 5.32 Å². The quantitative estimate of drug-likeness (QED) is 0.908. The van der Waals surface area contributed by atoms with Gasteiger partial charge in [0.05, 0.1) is 10.7 Å². The maximum Gasteiger partial charge on any atom is 0.277 e. The topological polar surface area (TPSA) is 55.1 Å². The molecule has 0 saturated heterocycles. The molecule has 1 N–H and O–H groups in total. The summed E-state index contributed by atoms with van der Waals surface area (Å²) < 4.78 is 4.95. The molecule has 0 radical (unpaired) electrons. The highest BCUT2D eigenvalue weighted by molar-refractivity contribution is 6.36. The molecular formula is C11H8Cl2N2O2. The van der Waals surface area contributed by atoms with Gasteiger partial charge in [0.25, 0.3) is 5.91 Å². The molecule has 1 amide bonds. The number of benzene rings is 1. The number of halogens is 2. The van der Waals surface area contributed by atoms with Crippen LogP contribution in [0.25, 0.3) is 0 Å². The van der Waals surface area contributed by atoms with Crippen LogP contribution >= 0.6 is 23.2 Å². The number of nitrogens with one attached hydrogen (secondary N) is 1. The summed E-state index contributed by atoms with van der Waals surface area (Å²) in [6.07, 6.45) is 1.29. The fourth-order valence-electron chi connectivity index (χ4n) is 1.24. The third-order valence-electron chi connectivity index (χ3n) is 2.03. The molecule has 4 nitrogen and oxygen atoms in total. The molecule has 1 aromatic heterocycles. The van der Waals surface area contributed by atoms with Gasteiger partial charge in [-0.2, -0.15) is 0 Å². The minimum atomic E-state index is -0.383. The second-order valence-electron chi connectivity index (χ2n) is 3.33. The molecule has 1 heterocycles. The van der Waals surface area contributed by atoms with E-state index in [4.69, 9.17) is 27.6 Å². The van der Waals surface area contributed by atoms with E-state index in [1.54, 1.807) is 25.1 Å². The largest absolute Gasteiger partial charge is 0.448 e. The summed E-state index contributed by atoms with van der Waals surface area (Å²) in [6, 6.07) is 4.80. The predicted octanol–water partition coefficient (Wildman–Crippen LogP) is 3.54. The zero-order valence-electron chi connectivity index (χ0n) is 8.83. The molecule has 2 rings (SSSR count). The highest BCUT2D eigenvalue weighted by atomic mass is 35.5. The smallest absolute Gasteiger partial charge is 0.277 e. The molecule has 17 heavy (non-hydrogen) atoms. The molecule has 0 atom stereocenters. The van der Waals surface area contributed by atoms with Gasteiger partial charge in [0.1, 0.15) is 6.26 Å². The van der Waals surface area contributed by atoms with Gasteiger partial charge < -0.3 is 9.73 Å². The molecule has 0 spiro atoms. The molecule has 0 unspecified atom stereocenters. The van der Waals surface area contributed by atoms with Crippen LogP contribution in [0, 0.1) is 6.92 Å². The maximum absolute atomic E-state index is 11.7. The summed E-state index contributed by atoms with van der Waals surface area (Å²) in [6.45, 7) is 1.66. The SMILES string of the molecule is Cc1nc(C(=O)Nc2ccc(Cl)cc2Cl)co1. The number of rotatable bonds is 2. The van der Waals surface area contributed by atoms with E-state index >= 15 is 0 Å². The second-order valence-corrected chi connectivity index (χ2v) is 4.17. The molecule has 0 fully saturated rings. The van der Waals surface area contributed by atoms with E-state index < -0.39 is 0 Å². The Kier molecular flexibility index (Phi) is 3.36. The zero-order valence-corrected chi connectivity index (χ0v) is 10.3. The van der Waals surface area contributed by atoms with Gasteiger partial charge in [0.2, 0.25) is 0 Å². The lowest BCUT2D eigenvalue weighted by Crippen LogP contribution is -2.12. The van der Waals surface area contributed by atoms with Crippen LogP contribution in [-0.2, 0) is 0 Å². The van der Waals surface area contributed by atoms with E-state index in [-0.39, 0.29) is 11.6 Å². The standard InChI is InChI=1S/C11H8Cl2N2O2/c1-6-14-10(5-17-6)11(16)15-9-3-2-7(12)4-8(9)13/h2-5H,1H3,(H,15,16). The molecule has 0 aliphatic carbocycles. The second kappa shape index (κ2) is 4.77. The Morgan fingerprint density at radius 3 is 2.76 bits per heavy atom. The van der Waals surface area contributed by atoms with E-state index in [0.717, 1.165) is 0 Å². The highest BCUT2D eigenvalue weighted by Gasteiger charge is 2.12. The van der Waals surface area contributed by atoms with Crippen LogP contribution in [0.5, 0.6) is 0 Å². The highest BCUT2D eigenvalue weighted by Crippen LogP contribution is 2.25. The van der Waals surface area contributed by atoms with Crippen molar-refractivity contribution in [3.05, 3.63) is 46.1 Å². The number of nitrogens with zero attached hydrogens (tertiary/aromatic N) is 1. The van der Waals surface area contributed by atoms with Gasteiger partial charge in [-0.1, -0.05) is 23.2 Å². The number of aryl methyl sites for hydroxylation is 1. The van der Waals surface area contributed by atoms with Gasteiger partial charge in [-0.15, -0.1) is 0 Å². The van der Waals surface area contributed by atoms with E-state index in [2.05, 4.69) is 10.3 Å². The number of aromatic nitrogens is 1. The average molecular weight is 271 g/mol. The van der Waals surface area contributed by atoms with E-state index in [0.29, 0.717) is 21.6 Å². The van der Waals surface area contributed by atoms with Crippen molar-refractivity contribution in [1.29, 1.82) is 0 Å². The summed E-state index contributed by atoms with van der Waals surface area (Å²) in [4.78, 5) is 15.6. The number of carbonyl (C=O) groups excluding carboxylic acids is 1. The Balaban J connectivity index is 2.18. The number of hydrogen-bond acceptors (Lipinski definition) is 3. The third-order valence-corrected chi connectivity index (χ3v) is 2.58. The van der Waals surface area contributed by atoms with Gasteiger partial charge in [-0.05, 0) is 18.2 Å². The predicted molar refractivity (Wildman–Crippen MR) is 65.7 cm³/mol. The molecular weight excluding hydrogens is 263 g/mol. The molecule has 88 valence electrons. The maximum atomic E-state index is 11.7. The van der Waals surface area contributed by atoms with Gasteiger partial charge >= 0.3 is 0 Å². The van der Waals surface area contributed by atoms with Crippen molar-refractivity contribution in [1.82, 2.24) is 4.98 Å². The van der Waals surface area contributed by atoms with Crippen molar-refractivity contribution >= 4 is 34.8 Å². The Labute approximate surface area is 108 Å². The van der Waals surface area contributed by atoms with Crippen LogP contribution in [0.15, 0.2) is 28.9 Å². The van der Waals surface area contributed by atoms with Crippen molar-refractivity contribution in [2.24, 2.45) is 0 Å². The van der Waals surface area contributed by atoms with Gasteiger partial charge in [-0.25, -0.2) is 4.98 Å². The fraction of sp³-hybridized carbons (Fsp3) is 0.0909. The number of hydrogen-bond donors (Lipinski definition) is 1. The molecule has 6 heteroatoms. The average Bonchev–Trinajstić information content (AvgIpc) is 2.69. The van der Waals surface area contributed by atoms with Gasteiger partial charge in [-0.3, -0.25) is 4.79 Å². The molecule has 0 saturated carbocycles. The van der Waals surface area contributed by atoms with Crippen LogP contribution in [0.3, 0.4) is 0 Å². The fourth-order valence-corrected chi connectivity index (χ4v) is 1.70. The first-order valence-electron chi connectivity index (χ1n) is 4.75. The van der Waals surface area contributed by atoms with E-state index in [9.17, 15) is 4.79 Å². The van der Waals surface area contributed by atoms with Crippen molar-refractivity contribution in [3.8, 4) is 0 Å². The number of anilines is 1. The van der Waals surface area contributed by atoms with Crippen LogP contribution < -0.4 is 5.32 Å². The van der Waals surface area contributed by atoms with Crippen LogP contribution in [0.4, 0.5) is 5.69 Å². The van der Waals surface area contributed by atoms with Crippen LogP contribution in [0.2, 0.25) is 10.0 Å². The van der Waals surface area contributed by atoms with Gasteiger partial charge in [0.15, 0.2) is 11.6 Å². The Hall–Kier alpha value is -1.52. The van der Waals surface area contributed by atoms with E-state index in [1.807, 2.05) is 0 Å². The first kappa shape index (κ1) is 12.0. The Morgan fingerprint density at radius 2 is 2.18 bits per heavy atom. The Bertz CT molecular complexity index is 566. The Morgan fingerprint density at radius 1 is 1.41 bits per heavy atom. The van der Waals surface area contributed by atoms with Crippen LogP contribution in [0.1, 0.15) is 16.4 Å². The first-order chi connectivity index (χ1) is 8.06. The first-order valence-corrected chi connectivity index (χ1v) is 5.50. The lowest BCUT2D eigenvalue weighted by Gasteiger charge is -2.05.